The van der Waals surface area contributed by atoms with Gasteiger partial charge in [0, 0.05) is 23.4 Å². The molecular weight excluding hydrogens is 297 g/mol. The first-order valence-corrected chi connectivity index (χ1v) is 6.25. The molecule has 0 unspecified atom stereocenters. The van der Waals surface area contributed by atoms with Crippen molar-refractivity contribution in [3.63, 3.8) is 0 Å². The summed E-state index contributed by atoms with van der Waals surface area (Å²) in [5, 5.41) is 3.82. The van der Waals surface area contributed by atoms with E-state index < -0.39 is 12.4 Å². The average Bonchev–Trinajstić information content (AvgIpc) is 2.97. The molecule has 112 valence electrons. The summed E-state index contributed by atoms with van der Waals surface area (Å²) in [7, 11) is 0. The molecule has 4 nitrogen and oxygen atoms in total. The van der Waals surface area contributed by atoms with Gasteiger partial charge in [-0.1, -0.05) is 17.3 Å². The topological polar surface area (TPSA) is 48.2 Å². The lowest BCUT2D eigenvalue weighted by Gasteiger charge is -2.04. The van der Waals surface area contributed by atoms with Gasteiger partial charge in [0.1, 0.15) is 17.3 Å². The molecule has 2 heterocycles. The van der Waals surface area contributed by atoms with Gasteiger partial charge in [-0.2, -0.15) is 8.78 Å². The fourth-order valence-corrected chi connectivity index (χ4v) is 1.92. The quantitative estimate of drug-likeness (QED) is 0.726. The van der Waals surface area contributed by atoms with Gasteiger partial charge in [-0.3, -0.25) is 4.98 Å². The lowest BCUT2D eigenvalue weighted by atomic mass is 10.1. The molecule has 0 aliphatic heterocycles. The SMILES string of the molecule is Fc1cncc(-c2cc(-c3cccc(OC(F)F)c3)on2)c1. The van der Waals surface area contributed by atoms with Crippen LogP contribution in [0.4, 0.5) is 13.2 Å². The zero-order valence-electron chi connectivity index (χ0n) is 11.0. The molecule has 0 saturated carbocycles. The molecule has 0 saturated heterocycles. The molecule has 0 spiro atoms. The molecule has 0 aliphatic rings. The van der Waals surface area contributed by atoms with Crippen LogP contribution >= 0.6 is 0 Å². The summed E-state index contributed by atoms with van der Waals surface area (Å²) < 4.78 is 47.1. The lowest BCUT2D eigenvalue weighted by Crippen LogP contribution is -2.01. The van der Waals surface area contributed by atoms with E-state index in [1.54, 1.807) is 18.2 Å². The van der Waals surface area contributed by atoms with Gasteiger partial charge in [-0.25, -0.2) is 4.39 Å². The van der Waals surface area contributed by atoms with Crippen molar-refractivity contribution in [2.75, 3.05) is 0 Å². The fraction of sp³-hybridized carbons (Fsp3) is 0.0667. The maximum atomic E-state index is 13.1. The van der Waals surface area contributed by atoms with Crippen molar-refractivity contribution in [1.29, 1.82) is 0 Å². The van der Waals surface area contributed by atoms with Crippen molar-refractivity contribution in [3.8, 4) is 28.3 Å². The highest BCUT2D eigenvalue weighted by Crippen LogP contribution is 2.28. The minimum Gasteiger partial charge on any atom is -0.435 e. The first-order chi connectivity index (χ1) is 10.6. The first-order valence-electron chi connectivity index (χ1n) is 6.25. The Hall–Kier alpha value is -2.83. The summed E-state index contributed by atoms with van der Waals surface area (Å²) in [5.41, 5.74) is 1.36. The number of aromatic nitrogens is 2. The lowest BCUT2D eigenvalue weighted by molar-refractivity contribution is -0.0498. The van der Waals surface area contributed by atoms with Gasteiger partial charge >= 0.3 is 6.61 Å². The van der Waals surface area contributed by atoms with Crippen LogP contribution in [-0.2, 0) is 0 Å². The molecule has 0 N–H and O–H groups in total. The Labute approximate surface area is 123 Å². The third-order valence-electron chi connectivity index (χ3n) is 2.85. The van der Waals surface area contributed by atoms with Crippen LogP contribution in [0.25, 0.3) is 22.6 Å². The molecule has 0 radical (unpaired) electrons. The minimum absolute atomic E-state index is 0.0119. The monoisotopic (exact) mass is 306 g/mol. The Kier molecular flexibility index (Phi) is 3.78. The molecule has 0 atom stereocenters. The largest absolute Gasteiger partial charge is 0.435 e. The van der Waals surface area contributed by atoms with Crippen LogP contribution in [-0.4, -0.2) is 16.8 Å². The molecule has 0 fully saturated rings. The molecule has 3 rings (SSSR count). The maximum Gasteiger partial charge on any atom is 0.387 e. The highest BCUT2D eigenvalue weighted by Gasteiger charge is 2.11. The number of halogens is 3. The van der Waals surface area contributed by atoms with Gasteiger partial charge in [0.05, 0.1) is 6.20 Å². The van der Waals surface area contributed by atoms with E-state index in [0.29, 0.717) is 22.6 Å². The van der Waals surface area contributed by atoms with E-state index in [1.807, 2.05) is 0 Å². The van der Waals surface area contributed by atoms with Gasteiger partial charge in [0.25, 0.3) is 0 Å². The normalized spacial score (nSPS) is 10.9. The van der Waals surface area contributed by atoms with Crippen molar-refractivity contribution in [2.24, 2.45) is 0 Å². The molecule has 22 heavy (non-hydrogen) atoms. The predicted octanol–water partition coefficient (Wildman–Crippen LogP) is 4.14. The standard InChI is InChI=1S/C15H9F3N2O2/c16-11-4-10(7-19-8-11)13-6-14(22-20-13)9-2-1-3-12(5-9)21-15(17)18/h1-8,15H. The molecule has 3 aromatic rings. The molecule has 0 aliphatic carbocycles. The average molecular weight is 306 g/mol. The number of rotatable bonds is 4. The fourth-order valence-electron chi connectivity index (χ4n) is 1.92. The van der Waals surface area contributed by atoms with Crippen LogP contribution in [0.1, 0.15) is 0 Å². The van der Waals surface area contributed by atoms with E-state index in [2.05, 4.69) is 14.9 Å². The highest BCUT2D eigenvalue weighted by molar-refractivity contribution is 5.67. The van der Waals surface area contributed by atoms with Crippen LogP contribution in [0, 0.1) is 5.82 Å². The Morgan fingerprint density at radius 2 is 1.91 bits per heavy atom. The number of hydrogen-bond donors (Lipinski definition) is 0. The van der Waals surface area contributed by atoms with Gasteiger partial charge in [-0.05, 0) is 18.2 Å². The summed E-state index contributed by atoms with van der Waals surface area (Å²) in [5.74, 6) is -0.133. The number of hydrogen-bond acceptors (Lipinski definition) is 4. The molecule has 2 aromatic heterocycles. The second kappa shape index (κ2) is 5.88. The van der Waals surface area contributed by atoms with Crippen molar-refractivity contribution in [1.82, 2.24) is 10.1 Å². The van der Waals surface area contributed by atoms with Crippen molar-refractivity contribution in [3.05, 3.63) is 54.6 Å². The number of nitrogens with zero attached hydrogens (tertiary/aromatic N) is 2. The van der Waals surface area contributed by atoms with Crippen molar-refractivity contribution < 1.29 is 22.4 Å². The summed E-state index contributed by atoms with van der Waals surface area (Å²) in [6.07, 6.45) is 2.52. The third-order valence-corrected chi connectivity index (χ3v) is 2.85. The van der Waals surface area contributed by atoms with Gasteiger partial charge in [0.15, 0.2) is 5.76 Å². The molecule has 0 amide bonds. The first kappa shape index (κ1) is 14.1. The summed E-state index contributed by atoms with van der Waals surface area (Å²) >= 11 is 0. The molecule has 7 heteroatoms. The summed E-state index contributed by atoms with van der Waals surface area (Å²) in [6, 6.07) is 8.86. The van der Waals surface area contributed by atoms with E-state index in [-0.39, 0.29) is 5.75 Å². The van der Waals surface area contributed by atoms with Gasteiger partial charge in [-0.15, -0.1) is 0 Å². The molecule has 0 bridgehead atoms. The summed E-state index contributed by atoms with van der Waals surface area (Å²) in [4.78, 5) is 3.73. The Morgan fingerprint density at radius 1 is 1.05 bits per heavy atom. The number of ether oxygens (including phenoxy) is 1. The third kappa shape index (κ3) is 3.08. The minimum atomic E-state index is -2.90. The smallest absolute Gasteiger partial charge is 0.387 e. The van der Waals surface area contributed by atoms with E-state index in [0.717, 1.165) is 6.20 Å². The zero-order chi connectivity index (χ0) is 15.5. The van der Waals surface area contributed by atoms with Crippen LogP contribution in [0.2, 0.25) is 0 Å². The Morgan fingerprint density at radius 3 is 2.68 bits per heavy atom. The van der Waals surface area contributed by atoms with E-state index in [9.17, 15) is 13.2 Å². The zero-order valence-corrected chi connectivity index (χ0v) is 11.0. The predicted molar refractivity (Wildman–Crippen MR) is 71.8 cm³/mol. The number of benzene rings is 1. The number of alkyl halides is 2. The Bertz CT molecular complexity index is 790. The van der Waals surface area contributed by atoms with Crippen molar-refractivity contribution in [2.45, 2.75) is 6.61 Å². The van der Waals surface area contributed by atoms with E-state index in [1.165, 1.54) is 24.4 Å². The van der Waals surface area contributed by atoms with E-state index in [4.69, 9.17) is 4.52 Å². The summed E-state index contributed by atoms with van der Waals surface area (Å²) in [6.45, 7) is -2.90. The second-order valence-corrected chi connectivity index (χ2v) is 4.37. The molecular formula is C15H9F3N2O2. The van der Waals surface area contributed by atoms with Crippen molar-refractivity contribution >= 4 is 0 Å². The van der Waals surface area contributed by atoms with Crippen LogP contribution in [0.3, 0.4) is 0 Å². The highest BCUT2D eigenvalue weighted by atomic mass is 19.3. The van der Waals surface area contributed by atoms with Crippen LogP contribution in [0.5, 0.6) is 5.75 Å². The molecule has 1 aromatic carbocycles. The maximum absolute atomic E-state index is 13.1. The van der Waals surface area contributed by atoms with Crippen LogP contribution < -0.4 is 4.74 Å². The second-order valence-electron chi connectivity index (χ2n) is 4.37. The number of pyridine rings is 1. The van der Waals surface area contributed by atoms with Gasteiger partial charge < -0.3 is 9.26 Å². The van der Waals surface area contributed by atoms with E-state index >= 15 is 0 Å². The van der Waals surface area contributed by atoms with Crippen LogP contribution in [0.15, 0.2) is 53.3 Å². The Balaban J connectivity index is 1.91. The van der Waals surface area contributed by atoms with Gasteiger partial charge in [0.2, 0.25) is 0 Å².